The number of aliphatic carboxylic acids is 1. The SMILES string of the molecule is CC1CN(C(=O)C2CCCN2S(C)(=O)=O)CC1C(=O)O. The van der Waals surface area contributed by atoms with Gasteiger partial charge >= 0.3 is 5.97 Å². The Balaban J connectivity index is 2.11. The van der Waals surface area contributed by atoms with E-state index in [-0.39, 0.29) is 18.4 Å². The first kappa shape index (κ1) is 15.2. The lowest BCUT2D eigenvalue weighted by Crippen LogP contribution is -2.47. The van der Waals surface area contributed by atoms with Gasteiger partial charge in [0.15, 0.2) is 0 Å². The van der Waals surface area contributed by atoms with Crippen LogP contribution in [0.1, 0.15) is 19.8 Å². The Hall–Kier alpha value is -1.15. The molecule has 3 unspecified atom stereocenters. The molecule has 0 saturated carbocycles. The minimum Gasteiger partial charge on any atom is -0.481 e. The molecule has 8 heteroatoms. The number of hydrogen-bond acceptors (Lipinski definition) is 4. The van der Waals surface area contributed by atoms with E-state index < -0.39 is 28.0 Å². The van der Waals surface area contributed by atoms with Crippen molar-refractivity contribution in [2.75, 3.05) is 25.9 Å². The van der Waals surface area contributed by atoms with E-state index in [9.17, 15) is 18.0 Å². The first-order valence-corrected chi connectivity index (χ1v) is 8.55. The lowest BCUT2D eigenvalue weighted by Gasteiger charge is -2.26. The highest BCUT2D eigenvalue weighted by atomic mass is 32.2. The van der Waals surface area contributed by atoms with Crippen molar-refractivity contribution in [3.63, 3.8) is 0 Å². The molecule has 114 valence electrons. The second-order valence-electron chi connectivity index (χ2n) is 5.70. The highest BCUT2D eigenvalue weighted by molar-refractivity contribution is 7.88. The molecule has 0 aromatic heterocycles. The van der Waals surface area contributed by atoms with E-state index in [1.165, 1.54) is 9.21 Å². The number of hydrogen-bond donors (Lipinski definition) is 1. The van der Waals surface area contributed by atoms with Crippen LogP contribution in [-0.2, 0) is 19.6 Å². The zero-order valence-corrected chi connectivity index (χ0v) is 12.5. The number of carboxylic acids is 1. The number of carboxylic acid groups (broad SMARTS) is 1. The van der Waals surface area contributed by atoms with E-state index in [4.69, 9.17) is 5.11 Å². The maximum absolute atomic E-state index is 12.4. The van der Waals surface area contributed by atoms with E-state index in [1.54, 1.807) is 6.92 Å². The van der Waals surface area contributed by atoms with Crippen molar-refractivity contribution >= 4 is 21.9 Å². The Morgan fingerprint density at radius 1 is 1.25 bits per heavy atom. The monoisotopic (exact) mass is 304 g/mol. The van der Waals surface area contributed by atoms with Gasteiger partial charge in [0.05, 0.1) is 12.2 Å². The predicted molar refractivity (Wildman–Crippen MR) is 71.4 cm³/mol. The zero-order valence-electron chi connectivity index (χ0n) is 11.7. The highest BCUT2D eigenvalue weighted by Gasteiger charge is 2.43. The van der Waals surface area contributed by atoms with Gasteiger partial charge < -0.3 is 10.0 Å². The molecular weight excluding hydrogens is 284 g/mol. The number of carbonyl (C=O) groups excluding carboxylic acids is 1. The number of carbonyl (C=O) groups is 2. The fraction of sp³-hybridized carbons (Fsp3) is 0.833. The van der Waals surface area contributed by atoms with Gasteiger partial charge in [-0.2, -0.15) is 4.31 Å². The number of amides is 1. The van der Waals surface area contributed by atoms with Crippen molar-refractivity contribution in [3.05, 3.63) is 0 Å². The molecule has 2 heterocycles. The Bertz CT molecular complexity index is 518. The molecule has 0 aliphatic carbocycles. The molecule has 1 amide bonds. The fourth-order valence-electron chi connectivity index (χ4n) is 3.06. The molecule has 2 aliphatic rings. The third kappa shape index (κ3) is 2.80. The Kier molecular flexibility index (Phi) is 4.06. The van der Waals surface area contributed by atoms with Gasteiger partial charge in [-0.25, -0.2) is 8.42 Å². The Labute approximate surface area is 118 Å². The van der Waals surface area contributed by atoms with Crippen molar-refractivity contribution in [1.82, 2.24) is 9.21 Å². The Morgan fingerprint density at radius 3 is 2.40 bits per heavy atom. The van der Waals surface area contributed by atoms with Crippen molar-refractivity contribution < 1.29 is 23.1 Å². The maximum Gasteiger partial charge on any atom is 0.308 e. The summed E-state index contributed by atoms with van der Waals surface area (Å²) in [6.07, 6.45) is 2.27. The van der Waals surface area contributed by atoms with Crippen LogP contribution in [0.25, 0.3) is 0 Å². The molecule has 7 nitrogen and oxygen atoms in total. The first-order valence-electron chi connectivity index (χ1n) is 6.70. The van der Waals surface area contributed by atoms with Crippen LogP contribution in [0.2, 0.25) is 0 Å². The average molecular weight is 304 g/mol. The van der Waals surface area contributed by atoms with Gasteiger partial charge in [0.25, 0.3) is 0 Å². The fourth-order valence-corrected chi connectivity index (χ4v) is 4.18. The zero-order chi connectivity index (χ0) is 15.1. The molecule has 0 spiro atoms. The summed E-state index contributed by atoms with van der Waals surface area (Å²) in [6, 6.07) is -0.662. The topological polar surface area (TPSA) is 95.0 Å². The van der Waals surface area contributed by atoms with Crippen LogP contribution in [0.5, 0.6) is 0 Å². The van der Waals surface area contributed by atoms with E-state index in [1.807, 2.05) is 0 Å². The molecule has 0 aromatic rings. The van der Waals surface area contributed by atoms with Crippen LogP contribution in [0.4, 0.5) is 0 Å². The molecule has 2 saturated heterocycles. The summed E-state index contributed by atoms with van der Waals surface area (Å²) in [4.78, 5) is 25.0. The predicted octanol–water partition coefficient (Wildman–Crippen LogP) is -0.410. The summed E-state index contributed by atoms with van der Waals surface area (Å²) < 4.78 is 24.6. The number of nitrogens with zero attached hydrogens (tertiary/aromatic N) is 2. The minimum absolute atomic E-state index is 0.107. The molecular formula is C12H20N2O5S. The lowest BCUT2D eigenvalue weighted by molar-refractivity contribution is -0.142. The van der Waals surface area contributed by atoms with Gasteiger partial charge in [-0.1, -0.05) is 6.92 Å². The van der Waals surface area contributed by atoms with E-state index in [2.05, 4.69) is 0 Å². The van der Waals surface area contributed by atoms with Gasteiger partial charge in [-0.3, -0.25) is 9.59 Å². The van der Waals surface area contributed by atoms with Crippen molar-refractivity contribution in [2.45, 2.75) is 25.8 Å². The summed E-state index contributed by atoms with van der Waals surface area (Å²) in [7, 11) is -3.40. The summed E-state index contributed by atoms with van der Waals surface area (Å²) in [5.41, 5.74) is 0. The smallest absolute Gasteiger partial charge is 0.308 e. The molecule has 2 rings (SSSR count). The molecule has 20 heavy (non-hydrogen) atoms. The second kappa shape index (κ2) is 5.33. The van der Waals surface area contributed by atoms with E-state index in [0.717, 1.165) is 6.26 Å². The summed E-state index contributed by atoms with van der Waals surface area (Å²) in [5.74, 6) is -1.83. The summed E-state index contributed by atoms with van der Waals surface area (Å²) in [5, 5.41) is 9.09. The number of likely N-dealkylation sites (tertiary alicyclic amines) is 1. The molecule has 0 aromatic carbocycles. The molecule has 3 atom stereocenters. The van der Waals surface area contributed by atoms with E-state index >= 15 is 0 Å². The van der Waals surface area contributed by atoms with Crippen LogP contribution in [0.15, 0.2) is 0 Å². The van der Waals surface area contributed by atoms with Gasteiger partial charge in [-0.15, -0.1) is 0 Å². The van der Waals surface area contributed by atoms with Crippen LogP contribution in [0, 0.1) is 11.8 Å². The minimum atomic E-state index is -3.40. The van der Waals surface area contributed by atoms with Crippen molar-refractivity contribution in [1.29, 1.82) is 0 Å². The molecule has 0 bridgehead atoms. The second-order valence-corrected chi connectivity index (χ2v) is 7.63. The lowest BCUT2D eigenvalue weighted by atomic mass is 9.99. The standard InChI is InChI=1S/C12H20N2O5S/c1-8-6-13(7-9(8)12(16)17)11(15)10-4-3-5-14(10)20(2,18)19/h8-10H,3-7H2,1-2H3,(H,16,17). The van der Waals surface area contributed by atoms with Crippen LogP contribution in [-0.4, -0.2) is 66.5 Å². The van der Waals surface area contributed by atoms with Crippen molar-refractivity contribution in [3.8, 4) is 0 Å². The van der Waals surface area contributed by atoms with Crippen LogP contribution < -0.4 is 0 Å². The molecule has 2 fully saturated rings. The summed E-state index contributed by atoms with van der Waals surface area (Å²) in [6.45, 7) is 2.71. The van der Waals surface area contributed by atoms with Gasteiger partial charge in [0.2, 0.25) is 15.9 Å². The van der Waals surface area contributed by atoms with E-state index in [0.29, 0.717) is 25.9 Å². The quantitative estimate of drug-likeness (QED) is 0.765. The number of sulfonamides is 1. The molecule has 0 radical (unpaired) electrons. The number of rotatable bonds is 3. The van der Waals surface area contributed by atoms with Crippen LogP contribution in [0.3, 0.4) is 0 Å². The molecule has 1 N–H and O–H groups in total. The largest absolute Gasteiger partial charge is 0.481 e. The third-order valence-corrected chi connectivity index (χ3v) is 5.44. The first-order chi connectivity index (χ1) is 9.21. The van der Waals surface area contributed by atoms with Crippen LogP contribution >= 0.6 is 0 Å². The summed E-state index contributed by atoms with van der Waals surface area (Å²) >= 11 is 0. The van der Waals surface area contributed by atoms with Gasteiger partial charge in [-0.05, 0) is 18.8 Å². The van der Waals surface area contributed by atoms with Crippen molar-refractivity contribution in [2.24, 2.45) is 11.8 Å². The Morgan fingerprint density at radius 2 is 1.90 bits per heavy atom. The average Bonchev–Trinajstić information content (AvgIpc) is 2.92. The normalized spacial score (nSPS) is 31.7. The van der Waals surface area contributed by atoms with Gasteiger partial charge in [0, 0.05) is 19.6 Å². The maximum atomic E-state index is 12.4. The van der Waals surface area contributed by atoms with Gasteiger partial charge in [0.1, 0.15) is 6.04 Å². The molecule has 2 aliphatic heterocycles. The third-order valence-electron chi connectivity index (χ3n) is 4.16. The highest BCUT2D eigenvalue weighted by Crippen LogP contribution is 2.28.